The molecule has 0 aliphatic heterocycles. The number of hydrogen-bond acceptors (Lipinski definition) is 4. The molecule has 1 N–H and O–H groups in total. The second-order valence-corrected chi connectivity index (χ2v) is 9.95. The van der Waals surface area contributed by atoms with E-state index in [9.17, 15) is 18.0 Å². The first kappa shape index (κ1) is 25.4. The second kappa shape index (κ2) is 10.6. The van der Waals surface area contributed by atoms with Crippen molar-refractivity contribution in [3.63, 3.8) is 0 Å². The fraction of sp³-hybridized carbons (Fsp3) is 0.391. The summed E-state index contributed by atoms with van der Waals surface area (Å²) >= 11 is 0. The molecule has 0 bridgehead atoms. The number of rotatable bonds is 9. The lowest BCUT2D eigenvalue weighted by molar-refractivity contribution is -0.139. The summed E-state index contributed by atoms with van der Waals surface area (Å²) in [6.07, 6.45) is 0. The van der Waals surface area contributed by atoms with E-state index in [1.807, 2.05) is 49.4 Å². The average molecular weight is 461 g/mol. The summed E-state index contributed by atoms with van der Waals surface area (Å²) in [5, 5.41) is 2.56. The van der Waals surface area contributed by atoms with Crippen LogP contribution in [0, 0.1) is 13.8 Å². The largest absolute Gasteiger partial charge is 0.357 e. The minimum Gasteiger partial charge on any atom is -0.357 e. The van der Waals surface area contributed by atoms with Crippen LogP contribution in [-0.2, 0) is 26.3 Å². The number of carbonyl (C=O) groups excluding carboxylic acids is 2. The van der Waals surface area contributed by atoms with Crippen molar-refractivity contribution in [1.82, 2.24) is 14.5 Å². The van der Waals surface area contributed by atoms with Crippen LogP contribution in [0.3, 0.4) is 0 Å². The van der Waals surface area contributed by atoms with Crippen molar-refractivity contribution in [2.45, 2.75) is 33.4 Å². The summed E-state index contributed by atoms with van der Waals surface area (Å²) in [5.74, 6) is -0.806. The molecule has 2 aromatic rings. The quantitative estimate of drug-likeness (QED) is 0.620. The van der Waals surface area contributed by atoms with E-state index in [0.717, 1.165) is 25.3 Å². The Hall–Kier alpha value is -2.91. The lowest BCUT2D eigenvalue weighted by Crippen LogP contribution is -2.52. The van der Waals surface area contributed by atoms with Crippen LogP contribution in [0.1, 0.15) is 23.6 Å². The number of likely N-dealkylation sites (N-methyl/N-ethyl adjacent to an activating group) is 1. The van der Waals surface area contributed by atoms with Gasteiger partial charge in [0.05, 0.1) is 5.69 Å². The zero-order chi connectivity index (χ0) is 24.1. The standard InChI is InChI=1S/C23H32N4O4S/c1-17-12-13-18(2)21(14-17)27(32(30,31)25(5)6)16-22(28)26(19(3)23(29)24-4)15-20-10-8-7-9-11-20/h7-14,19H,15-16H2,1-6H3,(H,24,29)/t19-/m1/s1. The molecule has 0 unspecified atom stereocenters. The van der Waals surface area contributed by atoms with Crippen LogP contribution in [0.2, 0.25) is 0 Å². The van der Waals surface area contributed by atoms with Crippen molar-refractivity contribution in [3.8, 4) is 0 Å². The monoisotopic (exact) mass is 460 g/mol. The summed E-state index contributed by atoms with van der Waals surface area (Å²) in [5.41, 5.74) is 2.87. The summed E-state index contributed by atoms with van der Waals surface area (Å²) in [4.78, 5) is 27.2. The van der Waals surface area contributed by atoms with Gasteiger partial charge in [0.25, 0.3) is 0 Å². The maximum absolute atomic E-state index is 13.5. The van der Waals surface area contributed by atoms with E-state index in [0.29, 0.717) is 5.69 Å². The highest BCUT2D eigenvalue weighted by Gasteiger charge is 2.33. The van der Waals surface area contributed by atoms with E-state index in [1.165, 1.54) is 26.0 Å². The molecule has 2 rings (SSSR count). The third-order valence-corrected chi connectivity index (χ3v) is 7.07. The highest BCUT2D eigenvalue weighted by Crippen LogP contribution is 2.26. The normalized spacial score (nSPS) is 12.3. The van der Waals surface area contributed by atoms with E-state index < -0.39 is 28.7 Å². The number of hydrogen-bond donors (Lipinski definition) is 1. The number of nitrogens with one attached hydrogen (secondary N) is 1. The molecule has 0 spiro atoms. The molecule has 0 aliphatic rings. The molecule has 0 fully saturated rings. The SMILES string of the molecule is CNC(=O)[C@@H](C)N(Cc1ccccc1)C(=O)CN(c1cc(C)ccc1C)S(=O)(=O)N(C)C. The van der Waals surface area contributed by atoms with Gasteiger partial charge >= 0.3 is 10.2 Å². The van der Waals surface area contributed by atoms with Crippen molar-refractivity contribution in [2.75, 3.05) is 32.0 Å². The molecule has 0 saturated carbocycles. The number of benzene rings is 2. The molecular weight excluding hydrogens is 428 g/mol. The lowest BCUT2D eigenvalue weighted by atomic mass is 10.1. The third-order valence-electron chi connectivity index (χ3n) is 5.26. The first-order valence-electron chi connectivity index (χ1n) is 10.3. The lowest BCUT2D eigenvalue weighted by Gasteiger charge is -2.33. The molecule has 1 atom stereocenters. The molecule has 0 saturated heterocycles. The highest BCUT2D eigenvalue weighted by atomic mass is 32.2. The number of carbonyl (C=O) groups is 2. The van der Waals surface area contributed by atoms with Crippen LogP contribution in [0.5, 0.6) is 0 Å². The average Bonchev–Trinajstić information content (AvgIpc) is 2.76. The summed E-state index contributed by atoms with van der Waals surface area (Å²) in [6.45, 7) is 5.03. The Labute approximate surface area is 191 Å². The van der Waals surface area contributed by atoms with Gasteiger partial charge < -0.3 is 10.2 Å². The van der Waals surface area contributed by atoms with Crippen molar-refractivity contribution in [2.24, 2.45) is 0 Å². The van der Waals surface area contributed by atoms with Gasteiger partial charge in [-0.1, -0.05) is 42.5 Å². The smallest absolute Gasteiger partial charge is 0.304 e. The van der Waals surface area contributed by atoms with E-state index in [-0.39, 0.29) is 12.5 Å². The van der Waals surface area contributed by atoms with Gasteiger partial charge in [-0.15, -0.1) is 0 Å². The first-order chi connectivity index (χ1) is 15.0. The zero-order valence-corrected chi connectivity index (χ0v) is 20.3. The minimum atomic E-state index is -3.97. The molecule has 0 radical (unpaired) electrons. The van der Waals surface area contributed by atoms with Gasteiger partial charge in [0.1, 0.15) is 12.6 Å². The summed E-state index contributed by atoms with van der Waals surface area (Å²) < 4.78 is 28.5. The van der Waals surface area contributed by atoms with Gasteiger partial charge in [-0.3, -0.25) is 9.59 Å². The molecule has 2 aromatic carbocycles. The third kappa shape index (κ3) is 5.86. The highest BCUT2D eigenvalue weighted by molar-refractivity contribution is 7.90. The molecule has 9 heteroatoms. The Morgan fingerprint density at radius 3 is 2.22 bits per heavy atom. The molecule has 174 valence electrons. The van der Waals surface area contributed by atoms with Gasteiger partial charge in [0, 0.05) is 27.7 Å². The van der Waals surface area contributed by atoms with Crippen LogP contribution in [0.4, 0.5) is 5.69 Å². The van der Waals surface area contributed by atoms with Crippen molar-refractivity contribution < 1.29 is 18.0 Å². The summed E-state index contributed by atoms with van der Waals surface area (Å²) in [7, 11) is 0.384. The van der Waals surface area contributed by atoms with E-state index in [2.05, 4.69) is 5.32 Å². The number of aryl methyl sites for hydroxylation is 2. The van der Waals surface area contributed by atoms with Crippen LogP contribution in [0.15, 0.2) is 48.5 Å². The van der Waals surface area contributed by atoms with Crippen LogP contribution < -0.4 is 9.62 Å². The maximum Gasteiger partial charge on any atom is 0.304 e. The predicted octanol–water partition coefficient (Wildman–Crippen LogP) is 2.08. The zero-order valence-electron chi connectivity index (χ0n) is 19.5. The Morgan fingerprint density at radius 2 is 1.66 bits per heavy atom. The van der Waals surface area contributed by atoms with Crippen LogP contribution >= 0.6 is 0 Å². The minimum absolute atomic E-state index is 0.177. The van der Waals surface area contributed by atoms with E-state index in [1.54, 1.807) is 19.9 Å². The van der Waals surface area contributed by atoms with E-state index >= 15 is 0 Å². The molecule has 2 amide bonds. The van der Waals surface area contributed by atoms with Crippen molar-refractivity contribution >= 4 is 27.7 Å². The molecule has 8 nitrogen and oxygen atoms in total. The molecule has 32 heavy (non-hydrogen) atoms. The van der Waals surface area contributed by atoms with Gasteiger partial charge in [-0.2, -0.15) is 12.7 Å². The van der Waals surface area contributed by atoms with E-state index in [4.69, 9.17) is 0 Å². The Kier molecular flexibility index (Phi) is 8.40. The van der Waals surface area contributed by atoms with Crippen molar-refractivity contribution in [1.29, 1.82) is 0 Å². The number of nitrogens with zero attached hydrogens (tertiary/aromatic N) is 3. The molecule has 0 aliphatic carbocycles. The molecule has 0 aromatic heterocycles. The predicted molar refractivity (Wildman–Crippen MR) is 126 cm³/mol. The maximum atomic E-state index is 13.5. The number of anilines is 1. The first-order valence-corrected chi connectivity index (χ1v) is 11.7. The van der Waals surface area contributed by atoms with Crippen molar-refractivity contribution in [3.05, 3.63) is 65.2 Å². The fourth-order valence-corrected chi connectivity index (χ4v) is 4.37. The Balaban J connectivity index is 2.49. The van der Waals surface area contributed by atoms with Gasteiger partial charge in [-0.25, -0.2) is 4.31 Å². The Morgan fingerprint density at radius 1 is 1.03 bits per heavy atom. The van der Waals surface area contributed by atoms with Gasteiger partial charge in [-0.05, 0) is 43.5 Å². The molecular formula is C23H32N4O4S. The Bertz CT molecular complexity index is 1050. The van der Waals surface area contributed by atoms with Crippen LogP contribution in [-0.4, -0.2) is 63.2 Å². The van der Waals surface area contributed by atoms with Gasteiger partial charge in [0.15, 0.2) is 0 Å². The topological polar surface area (TPSA) is 90.0 Å². The van der Waals surface area contributed by atoms with Crippen LogP contribution in [0.25, 0.3) is 0 Å². The number of amides is 2. The fourth-order valence-electron chi connectivity index (χ4n) is 3.26. The molecule has 0 heterocycles. The van der Waals surface area contributed by atoms with Gasteiger partial charge in [0.2, 0.25) is 11.8 Å². The summed E-state index contributed by atoms with van der Waals surface area (Å²) in [6, 6.07) is 13.9. The second-order valence-electron chi connectivity index (χ2n) is 7.88.